The summed E-state index contributed by atoms with van der Waals surface area (Å²) in [5.41, 5.74) is 1.19. The standard InChI is InChI=1S/C23H25NO7/c1-27-20-14-16(15-21(28-2)22(20)29-3)4-9-19(25)17-5-7-18(8-6-17)31-23(26)24-10-12-30-13-11-24/h4-9,14-15H,10-13H2,1-3H3. The minimum Gasteiger partial charge on any atom is -0.493 e. The van der Waals surface area contributed by atoms with Gasteiger partial charge >= 0.3 is 6.09 Å². The Kier molecular flexibility index (Phi) is 7.50. The first kappa shape index (κ1) is 22.2. The smallest absolute Gasteiger partial charge is 0.415 e. The molecule has 1 heterocycles. The summed E-state index contributed by atoms with van der Waals surface area (Å²) in [4.78, 5) is 26.2. The van der Waals surface area contributed by atoms with E-state index < -0.39 is 6.09 Å². The molecule has 8 nitrogen and oxygen atoms in total. The van der Waals surface area contributed by atoms with Crippen molar-refractivity contribution in [3.05, 3.63) is 53.6 Å². The number of carbonyl (C=O) groups is 2. The van der Waals surface area contributed by atoms with Crippen molar-refractivity contribution in [3.63, 3.8) is 0 Å². The third-order valence-electron chi connectivity index (χ3n) is 4.73. The lowest BCUT2D eigenvalue weighted by molar-refractivity contribution is 0.0416. The summed E-state index contributed by atoms with van der Waals surface area (Å²) in [6.45, 7) is 2.00. The van der Waals surface area contributed by atoms with Crippen molar-refractivity contribution in [1.29, 1.82) is 0 Å². The quantitative estimate of drug-likeness (QED) is 0.494. The monoisotopic (exact) mass is 427 g/mol. The van der Waals surface area contributed by atoms with E-state index in [1.54, 1.807) is 47.4 Å². The largest absolute Gasteiger partial charge is 0.493 e. The van der Waals surface area contributed by atoms with Crippen LogP contribution in [0.5, 0.6) is 23.0 Å². The maximum atomic E-state index is 12.5. The SMILES string of the molecule is COc1cc(C=CC(=O)c2ccc(OC(=O)N3CCOCC3)cc2)cc(OC)c1OC. The Hall–Kier alpha value is -3.52. The van der Waals surface area contributed by atoms with Gasteiger partial charge in [0, 0.05) is 18.7 Å². The normalized spacial score (nSPS) is 13.7. The van der Waals surface area contributed by atoms with Crippen LogP contribution in [0, 0.1) is 0 Å². The number of ketones is 1. The summed E-state index contributed by atoms with van der Waals surface area (Å²) in [5.74, 6) is 1.66. The minimum atomic E-state index is -0.426. The van der Waals surface area contributed by atoms with Crippen LogP contribution in [0.3, 0.4) is 0 Å². The van der Waals surface area contributed by atoms with Crippen LogP contribution < -0.4 is 18.9 Å². The molecule has 0 saturated carbocycles. The Balaban J connectivity index is 1.66. The molecule has 1 aliphatic rings. The third kappa shape index (κ3) is 5.55. The molecule has 164 valence electrons. The van der Waals surface area contributed by atoms with E-state index in [2.05, 4.69) is 0 Å². The van der Waals surface area contributed by atoms with Crippen LogP contribution >= 0.6 is 0 Å². The van der Waals surface area contributed by atoms with E-state index in [9.17, 15) is 9.59 Å². The van der Waals surface area contributed by atoms with Crippen molar-refractivity contribution in [2.24, 2.45) is 0 Å². The molecule has 0 unspecified atom stereocenters. The molecular formula is C23H25NO7. The Morgan fingerprint density at radius 3 is 2.10 bits per heavy atom. The molecule has 0 radical (unpaired) electrons. The molecule has 31 heavy (non-hydrogen) atoms. The molecule has 1 fully saturated rings. The zero-order valence-corrected chi connectivity index (χ0v) is 17.8. The van der Waals surface area contributed by atoms with Crippen LogP contribution in [0.4, 0.5) is 4.79 Å². The number of methoxy groups -OCH3 is 3. The van der Waals surface area contributed by atoms with Gasteiger partial charge in [0.1, 0.15) is 5.75 Å². The van der Waals surface area contributed by atoms with Gasteiger partial charge in [-0.3, -0.25) is 4.79 Å². The maximum Gasteiger partial charge on any atom is 0.415 e. The molecule has 0 aliphatic carbocycles. The van der Waals surface area contributed by atoms with Gasteiger partial charge in [0.2, 0.25) is 5.75 Å². The van der Waals surface area contributed by atoms with E-state index in [4.69, 9.17) is 23.7 Å². The second-order valence-corrected chi connectivity index (χ2v) is 6.65. The first-order valence-electron chi connectivity index (χ1n) is 9.72. The third-order valence-corrected chi connectivity index (χ3v) is 4.73. The molecule has 2 aromatic carbocycles. The Morgan fingerprint density at radius 1 is 0.935 bits per heavy atom. The Labute approximate surface area is 180 Å². The maximum absolute atomic E-state index is 12.5. The molecule has 1 aliphatic heterocycles. The summed E-state index contributed by atoms with van der Waals surface area (Å²) in [5, 5.41) is 0. The summed E-state index contributed by atoms with van der Waals surface area (Å²) in [7, 11) is 4.59. The van der Waals surface area contributed by atoms with Gasteiger partial charge in [-0.2, -0.15) is 0 Å². The molecule has 0 spiro atoms. The highest BCUT2D eigenvalue weighted by Crippen LogP contribution is 2.38. The van der Waals surface area contributed by atoms with Gasteiger partial charge in [0.25, 0.3) is 0 Å². The number of ether oxygens (including phenoxy) is 5. The topological polar surface area (TPSA) is 83.5 Å². The zero-order valence-electron chi connectivity index (χ0n) is 17.8. The lowest BCUT2D eigenvalue weighted by Crippen LogP contribution is -2.42. The highest BCUT2D eigenvalue weighted by atomic mass is 16.6. The molecule has 1 amide bonds. The minimum absolute atomic E-state index is 0.195. The van der Waals surface area contributed by atoms with E-state index in [-0.39, 0.29) is 5.78 Å². The number of carbonyl (C=O) groups excluding carboxylic acids is 2. The average Bonchev–Trinajstić information content (AvgIpc) is 2.82. The van der Waals surface area contributed by atoms with Gasteiger partial charge in [-0.25, -0.2) is 4.79 Å². The molecule has 2 aromatic rings. The van der Waals surface area contributed by atoms with E-state index in [0.717, 1.165) is 5.56 Å². The van der Waals surface area contributed by atoms with Gasteiger partial charge in [0.15, 0.2) is 17.3 Å². The highest BCUT2D eigenvalue weighted by molar-refractivity contribution is 6.06. The van der Waals surface area contributed by atoms with Crippen molar-refractivity contribution < 1.29 is 33.3 Å². The predicted molar refractivity (Wildman–Crippen MR) is 114 cm³/mol. The lowest BCUT2D eigenvalue weighted by atomic mass is 10.1. The van der Waals surface area contributed by atoms with Crippen molar-refractivity contribution >= 4 is 18.0 Å². The van der Waals surface area contributed by atoms with Gasteiger partial charge in [-0.05, 0) is 48.0 Å². The highest BCUT2D eigenvalue weighted by Gasteiger charge is 2.19. The number of nitrogens with zero attached hydrogens (tertiary/aromatic N) is 1. The van der Waals surface area contributed by atoms with Crippen LogP contribution in [0.1, 0.15) is 15.9 Å². The molecule has 8 heteroatoms. The number of hydrogen-bond acceptors (Lipinski definition) is 7. The fraction of sp³-hybridized carbons (Fsp3) is 0.304. The van der Waals surface area contributed by atoms with Crippen molar-refractivity contribution in [2.75, 3.05) is 47.6 Å². The fourth-order valence-electron chi connectivity index (χ4n) is 3.06. The van der Waals surface area contributed by atoms with Crippen LogP contribution in [0.15, 0.2) is 42.5 Å². The molecule has 0 N–H and O–H groups in total. The Bertz CT molecular complexity index is 922. The molecule has 0 bridgehead atoms. The molecule has 0 aromatic heterocycles. The number of morpholine rings is 1. The molecular weight excluding hydrogens is 402 g/mol. The number of amides is 1. The van der Waals surface area contributed by atoms with Gasteiger partial charge < -0.3 is 28.6 Å². The first-order chi connectivity index (χ1) is 15.0. The predicted octanol–water partition coefficient (Wildman–Crippen LogP) is 3.44. The first-order valence-corrected chi connectivity index (χ1v) is 9.72. The van der Waals surface area contributed by atoms with Gasteiger partial charge in [-0.15, -0.1) is 0 Å². The average molecular weight is 427 g/mol. The number of allylic oxidation sites excluding steroid dienone is 1. The second-order valence-electron chi connectivity index (χ2n) is 6.65. The van der Waals surface area contributed by atoms with Gasteiger partial charge in [-0.1, -0.05) is 6.08 Å². The van der Waals surface area contributed by atoms with Crippen molar-refractivity contribution in [2.45, 2.75) is 0 Å². The Morgan fingerprint density at radius 2 is 1.55 bits per heavy atom. The van der Waals surface area contributed by atoms with E-state index in [1.165, 1.54) is 27.4 Å². The van der Waals surface area contributed by atoms with Crippen molar-refractivity contribution in [1.82, 2.24) is 4.90 Å². The fourth-order valence-corrected chi connectivity index (χ4v) is 3.06. The summed E-state index contributed by atoms with van der Waals surface area (Å²) >= 11 is 0. The van der Waals surface area contributed by atoms with Crippen molar-refractivity contribution in [3.8, 4) is 23.0 Å². The van der Waals surface area contributed by atoms with Crippen LogP contribution in [0.2, 0.25) is 0 Å². The number of rotatable bonds is 7. The molecule has 0 atom stereocenters. The summed E-state index contributed by atoms with van der Waals surface area (Å²) in [6, 6.07) is 9.92. The van der Waals surface area contributed by atoms with E-state index in [0.29, 0.717) is 54.9 Å². The molecule has 1 saturated heterocycles. The van der Waals surface area contributed by atoms with Crippen LogP contribution in [-0.2, 0) is 4.74 Å². The van der Waals surface area contributed by atoms with Crippen LogP contribution in [0.25, 0.3) is 6.08 Å². The summed E-state index contributed by atoms with van der Waals surface area (Å²) < 4.78 is 26.5. The lowest BCUT2D eigenvalue weighted by Gasteiger charge is -2.25. The summed E-state index contributed by atoms with van der Waals surface area (Å²) in [6.07, 6.45) is 2.69. The van der Waals surface area contributed by atoms with Gasteiger partial charge in [0.05, 0.1) is 34.5 Å². The molecule has 3 rings (SSSR count). The van der Waals surface area contributed by atoms with E-state index in [1.807, 2.05) is 0 Å². The van der Waals surface area contributed by atoms with E-state index >= 15 is 0 Å². The number of hydrogen-bond donors (Lipinski definition) is 0. The second kappa shape index (κ2) is 10.5. The van der Waals surface area contributed by atoms with Crippen LogP contribution in [-0.4, -0.2) is 64.4 Å². The number of benzene rings is 2. The zero-order chi connectivity index (χ0) is 22.2.